The van der Waals surface area contributed by atoms with E-state index in [0.717, 1.165) is 0 Å². The van der Waals surface area contributed by atoms with E-state index < -0.39 is 24.4 Å². The van der Waals surface area contributed by atoms with Gasteiger partial charge in [-0.3, -0.25) is 9.59 Å². The summed E-state index contributed by atoms with van der Waals surface area (Å²) >= 11 is 0. The number of carboxylic acid groups (broad SMARTS) is 2. The fraction of sp³-hybridized carbons (Fsp3) is 0.500. The predicted octanol–water partition coefficient (Wildman–Crippen LogP) is -1.78. The van der Waals surface area contributed by atoms with E-state index in [4.69, 9.17) is 15.9 Å². The van der Waals surface area contributed by atoms with Gasteiger partial charge in [0.15, 0.2) is 0 Å². The molecule has 0 saturated heterocycles. The van der Waals surface area contributed by atoms with Gasteiger partial charge in [0.05, 0.1) is 6.42 Å². The van der Waals surface area contributed by atoms with Gasteiger partial charge in [-0.15, -0.1) is 0 Å². The first-order valence-electron chi connectivity index (χ1n) is 2.24. The van der Waals surface area contributed by atoms with Crippen LogP contribution in [0.2, 0.25) is 0 Å². The van der Waals surface area contributed by atoms with Crippen LogP contribution in [-0.2, 0) is 9.59 Å². The number of carboxylic acids is 2. The molecule has 0 aromatic heterocycles. The summed E-state index contributed by atoms with van der Waals surface area (Å²) in [4.78, 5) is 19.6. The van der Waals surface area contributed by atoms with Crippen molar-refractivity contribution in [3.63, 3.8) is 0 Å². The van der Waals surface area contributed by atoms with Crippen molar-refractivity contribution in [3.8, 4) is 0 Å². The van der Waals surface area contributed by atoms with Crippen molar-refractivity contribution in [2.45, 2.75) is 12.5 Å². The van der Waals surface area contributed by atoms with Gasteiger partial charge in [-0.1, -0.05) is 0 Å². The van der Waals surface area contributed by atoms with Crippen LogP contribution >= 0.6 is 0 Å². The van der Waals surface area contributed by atoms with Crippen LogP contribution in [0, 0.1) is 0 Å². The van der Waals surface area contributed by atoms with Crippen LogP contribution in [0.3, 0.4) is 0 Å². The Labute approximate surface area is 69.4 Å². The fourth-order valence-corrected chi connectivity index (χ4v) is 0.275. The molecule has 1 atom stereocenters. The Balaban J connectivity index is 0. The van der Waals surface area contributed by atoms with Crippen molar-refractivity contribution in [2.75, 3.05) is 0 Å². The molecule has 0 aliphatic carbocycles. The topological polar surface area (TPSA) is 101 Å². The molecule has 0 amide bonds. The first-order chi connectivity index (χ1) is 4.04. The average Bonchev–Trinajstić information content (AvgIpc) is 1.63. The van der Waals surface area contributed by atoms with E-state index >= 15 is 0 Å². The van der Waals surface area contributed by atoms with Crippen molar-refractivity contribution >= 4 is 30.8 Å². The summed E-state index contributed by atoms with van der Waals surface area (Å²) < 4.78 is 0. The summed E-state index contributed by atoms with van der Waals surface area (Å²) in [5.74, 6) is -2.50. The molecule has 0 radical (unpaired) electrons. The van der Waals surface area contributed by atoms with Crippen molar-refractivity contribution in [1.29, 1.82) is 0 Å². The van der Waals surface area contributed by atoms with Crippen molar-refractivity contribution < 1.29 is 19.8 Å². The van der Waals surface area contributed by atoms with Gasteiger partial charge in [0.25, 0.3) is 0 Å². The van der Waals surface area contributed by atoms with Gasteiger partial charge in [-0.2, -0.15) is 0 Å². The van der Waals surface area contributed by atoms with E-state index in [1.165, 1.54) is 0 Å². The maximum atomic E-state index is 9.85. The molecule has 0 saturated carbocycles. The molecule has 0 aliphatic heterocycles. The molecule has 0 heterocycles. The molecule has 0 aromatic rings. The molecule has 0 unspecified atom stereocenters. The second kappa shape index (κ2) is 5.30. The van der Waals surface area contributed by atoms with Gasteiger partial charge >= 0.3 is 30.8 Å². The normalized spacial score (nSPS) is 11.3. The minimum atomic E-state index is -1.29. The summed E-state index contributed by atoms with van der Waals surface area (Å²) in [6.45, 7) is 0. The minimum absolute atomic E-state index is 0. The van der Waals surface area contributed by atoms with Gasteiger partial charge in [0.1, 0.15) is 6.04 Å². The first kappa shape index (κ1) is 12.2. The number of aliphatic carboxylic acids is 2. The van der Waals surface area contributed by atoms with E-state index in [-0.39, 0.29) is 18.9 Å². The summed E-state index contributed by atoms with van der Waals surface area (Å²) in [6.07, 6.45) is -0.532. The number of hydrogen-bond donors (Lipinski definition) is 3. The molecular weight excluding hydrogens is 133 g/mol. The van der Waals surface area contributed by atoms with E-state index in [1.807, 2.05) is 0 Å². The number of rotatable bonds is 3. The predicted molar refractivity (Wildman–Crippen MR) is 35.0 cm³/mol. The van der Waals surface area contributed by atoms with Gasteiger partial charge in [-0.25, -0.2) is 0 Å². The van der Waals surface area contributed by atoms with Crippen LogP contribution in [-0.4, -0.2) is 47.1 Å². The summed E-state index contributed by atoms with van der Waals surface area (Å²) in [5.41, 5.74) is 4.84. The second-order valence-electron chi connectivity index (χ2n) is 1.54. The quantitative estimate of drug-likeness (QED) is 0.403. The molecule has 0 fully saturated rings. The van der Waals surface area contributed by atoms with Gasteiger partial charge < -0.3 is 15.9 Å². The Bertz CT molecular complexity index is 137. The summed E-state index contributed by atoms with van der Waals surface area (Å²) in [6, 6.07) is -1.29. The monoisotopic (exact) mass is 141 g/mol. The molecule has 4 N–H and O–H groups in total. The zero-order valence-corrected chi connectivity index (χ0v) is 4.57. The molecule has 10 heavy (non-hydrogen) atoms. The average molecular weight is 141 g/mol. The van der Waals surface area contributed by atoms with Crippen molar-refractivity contribution in [3.05, 3.63) is 0 Å². The first-order valence-corrected chi connectivity index (χ1v) is 2.24. The molecular formula is C4H8LiNO4. The Morgan fingerprint density at radius 3 is 1.90 bits per heavy atom. The Morgan fingerprint density at radius 2 is 1.80 bits per heavy atom. The SMILES string of the molecule is N[C@@H](CC(=O)O)C(=O)O.[LiH]. The molecule has 0 bridgehead atoms. The summed E-state index contributed by atoms with van der Waals surface area (Å²) in [7, 11) is 0. The molecule has 6 heteroatoms. The van der Waals surface area contributed by atoms with E-state index in [2.05, 4.69) is 0 Å². The molecule has 0 spiro atoms. The molecule has 0 aliphatic rings. The maximum absolute atomic E-state index is 9.85. The van der Waals surface area contributed by atoms with Crippen LogP contribution in [0.1, 0.15) is 6.42 Å². The fourth-order valence-electron chi connectivity index (χ4n) is 0.275. The molecule has 0 rings (SSSR count). The Hall–Kier alpha value is -0.503. The zero-order valence-electron chi connectivity index (χ0n) is 4.57. The van der Waals surface area contributed by atoms with Crippen molar-refractivity contribution in [1.82, 2.24) is 0 Å². The molecule has 0 aromatic carbocycles. The van der Waals surface area contributed by atoms with E-state index in [9.17, 15) is 9.59 Å². The van der Waals surface area contributed by atoms with Crippen LogP contribution in [0.5, 0.6) is 0 Å². The van der Waals surface area contributed by atoms with E-state index in [1.54, 1.807) is 0 Å². The number of carbonyl (C=O) groups is 2. The van der Waals surface area contributed by atoms with Gasteiger partial charge in [0, 0.05) is 0 Å². The zero-order chi connectivity index (χ0) is 7.44. The number of nitrogens with two attached hydrogens (primary N) is 1. The van der Waals surface area contributed by atoms with Crippen LogP contribution < -0.4 is 5.73 Å². The Kier molecular flexibility index (Phi) is 6.46. The third-order valence-electron chi connectivity index (χ3n) is 0.712. The van der Waals surface area contributed by atoms with Gasteiger partial charge in [-0.05, 0) is 0 Å². The molecule has 5 nitrogen and oxygen atoms in total. The summed E-state index contributed by atoms with van der Waals surface area (Å²) in [5, 5.41) is 16.0. The third-order valence-corrected chi connectivity index (χ3v) is 0.712. The third kappa shape index (κ3) is 5.63. The van der Waals surface area contributed by atoms with Crippen LogP contribution in [0.4, 0.5) is 0 Å². The second-order valence-corrected chi connectivity index (χ2v) is 1.54. The molecule has 54 valence electrons. The van der Waals surface area contributed by atoms with Crippen LogP contribution in [0.25, 0.3) is 0 Å². The standard InChI is InChI=1S/C4H7NO4.Li.H/c5-2(4(8)9)1-3(6)7;;/h2H,1,5H2,(H,6,7)(H,8,9);;/t2-;;/m0../s1. The number of hydrogen-bond acceptors (Lipinski definition) is 3. The Morgan fingerprint density at radius 1 is 1.40 bits per heavy atom. The van der Waals surface area contributed by atoms with Crippen LogP contribution in [0.15, 0.2) is 0 Å². The van der Waals surface area contributed by atoms with Crippen molar-refractivity contribution in [2.24, 2.45) is 5.73 Å². The van der Waals surface area contributed by atoms with E-state index in [0.29, 0.717) is 0 Å². The van der Waals surface area contributed by atoms with Gasteiger partial charge in [0.2, 0.25) is 0 Å².